The summed E-state index contributed by atoms with van der Waals surface area (Å²) in [6.07, 6.45) is 0. The Balaban J connectivity index is 2.02. The van der Waals surface area contributed by atoms with Crippen LogP contribution in [0.4, 0.5) is 5.69 Å². The van der Waals surface area contributed by atoms with Gasteiger partial charge in [0.25, 0.3) is 11.8 Å². The molecule has 2 amide bonds. The van der Waals surface area contributed by atoms with Crippen molar-refractivity contribution in [3.05, 3.63) is 64.8 Å². The summed E-state index contributed by atoms with van der Waals surface area (Å²) in [5.74, 6) is -0.980. The van der Waals surface area contributed by atoms with Crippen LogP contribution in [0.25, 0.3) is 10.9 Å². The number of carbonyl (C=O) groups is 2. The molecule has 0 saturated heterocycles. The van der Waals surface area contributed by atoms with Crippen LogP contribution in [0.2, 0.25) is 5.02 Å². The van der Waals surface area contributed by atoms with Gasteiger partial charge in [0.15, 0.2) is 0 Å². The minimum absolute atomic E-state index is 0.170. The molecular formula is C16H12ClN3O2. The summed E-state index contributed by atoms with van der Waals surface area (Å²) in [6.45, 7) is 0. The van der Waals surface area contributed by atoms with Crippen molar-refractivity contribution in [3.8, 4) is 0 Å². The van der Waals surface area contributed by atoms with Gasteiger partial charge in [0.2, 0.25) is 0 Å². The van der Waals surface area contributed by atoms with Gasteiger partial charge in [-0.2, -0.15) is 0 Å². The third kappa shape index (κ3) is 2.54. The lowest BCUT2D eigenvalue weighted by molar-refractivity contribution is 0.0997. The van der Waals surface area contributed by atoms with Crippen LogP contribution >= 0.6 is 11.6 Å². The van der Waals surface area contributed by atoms with Gasteiger partial charge in [-0.05, 0) is 30.3 Å². The standard InChI is InChI=1S/C16H12ClN3O2/c17-10-7-5-9(6-8-10)16(22)20-13-11-3-1-2-4-12(11)19-14(13)15(18)21/h1-8,19H,(H2,18,21)(H,20,22). The molecule has 22 heavy (non-hydrogen) atoms. The number of nitrogens with one attached hydrogen (secondary N) is 2. The molecule has 5 nitrogen and oxygen atoms in total. The highest BCUT2D eigenvalue weighted by Gasteiger charge is 2.18. The van der Waals surface area contributed by atoms with Gasteiger partial charge in [0, 0.05) is 21.5 Å². The van der Waals surface area contributed by atoms with Crippen LogP contribution in [-0.2, 0) is 0 Å². The molecule has 110 valence electrons. The number of fused-ring (bicyclic) bond motifs is 1. The number of hydrogen-bond acceptors (Lipinski definition) is 2. The molecule has 0 fully saturated rings. The minimum atomic E-state index is -0.636. The van der Waals surface area contributed by atoms with Crippen molar-refractivity contribution >= 4 is 40.0 Å². The summed E-state index contributed by atoms with van der Waals surface area (Å²) in [4.78, 5) is 26.8. The summed E-state index contributed by atoms with van der Waals surface area (Å²) < 4.78 is 0. The molecule has 2 aromatic carbocycles. The Morgan fingerprint density at radius 2 is 1.73 bits per heavy atom. The normalized spacial score (nSPS) is 10.6. The first-order chi connectivity index (χ1) is 10.6. The summed E-state index contributed by atoms with van der Waals surface area (Å²) in [6, 6.07) is 13.7. The largest absolute Gasteiger partial charge is 0.364 e. The van der Waals surface area contributed by atoms with Crippen molar-refractivity contribution < 1.29 is 9.59 Å². The Bertz CT molecular complexity index is 869. The van der Waals surface area contributed by atoms with Gasteiger partial charge < -0.3 is 16.0 Å². The van der Waals surface area contributed by atoms with Gasteiger partial charge in [0.05, 0.1) is 5.69 Å². The fourth-order valence-electron chi connectivity index (χ4n) is 2.24. The Hall–Kier alpha value is -2.79. The number of primary amides is 1. The number of carbonyl (C=O) groups excluding carboxylic acids is 2. The number of hydrogen-bond donors (Lipinski definition) is 3. The van der Waals surface area contributed by atoms with E-state index in [1.54, 1.807) is 36.4 Å². The van der Waals surface area contributed by atoms with Gasteiger partial charge in [-0.15, -0.1) is 0 Å². The molecule has 3 rings (SSSR count). The van der Waals surface area contributed by atoms with Crippen LogP contribution in [0, 0.1) is 0 Å². The zero-order valence-electron chi connectivity index (χ0n) is 11.4. The zero-order chi connectivity index (χ0) is 15.7. The van der Waals surface area contributed by atoms with Crippen LogP contribution in [0.15, 0.2) is 48.5 Å². The molecule has 0 aliphatic carbocycles. The van der Waals surface area contributed by atoms with Gasteiger partial charge >= 0.3 is 0 Å². The topological polar surface area (TPSA) is 88.0 Å². The van der Waals surface area contributed by atoms with E-state index in [0.29, 0.717) is 16.3 Å². The Morgan fingerprint density at radius 3 is 2.41 bits per heavy atom. The van der Waals surface area contributed by atoms with E-state index in [1.165, 1.54) is 0 Å². The minimum Gasteiger partial charge on any atom is -0.364 e. The summed E-state index contributed by atoms with van der Waals surface area (Å²) in [5.41, 5.74) is 7.08. The molecule has 0 saturated carbocycles. The van der Waals surface area contributed by atoms with Crippen LogP contribution in [0.1, 0.15) is 20.8 Å². The number of aromatic nitrogens is 1. The van der Waals surface area contributed by atoms with E-state index in [2.05, 4.69) is 10.3 Å². The molecule has 0 spiro atoms. The summed E-state index contributed by atoms with van der Waals surface area (Å²) in [5, 5.41) is 4.00. The molecule has 0 aliphatic rings. The van der Waals surface area contributed by atoms with Crippen molar-refractivity contribution in [2.45, 2.75) is 0 Å². The number of halogens is 1. The molecule has 1 aromatic heterocycles. The number of H-pyrrole nitrogens is 1. The van der Waals surface area contributed by atoms with E-state index in [0.717, 1.165) is 10.9 Å². The van der Waals surface area contributed by atoms with Crippen LogP contribution in [0.3, 0.4) is 0 Å². The molecule has 6 heteroatoms. The van der Waals surface area contributed by atoms with Crippen LogP contribution in [-0.4, -0.2) is 16.8 Å². The quantitative estimate of drug-likeness (QED) is 0.693. The van der Waals surface area contributed by atoms with Crippen molar-refractivity contribution in [2.24, 2.45) is 5.73 Å². The summed E-state index contributed by atoms with van der Waals surface area (Å²) >= 11 is 5.81. The van der Waals surface area contributed by atoms with E-state index in [-0.39, 0.29) is 11.6 Å². The molecule has 0 bridgehead atoms. The fourth-order valence-corrected chi connectivity index (χ4v) is 2.37. The molecule has 0 atom stereocenters. The Morgan fingerprint density at radius 1 is 1.05 bits per heavy atom. The highest BCUT2D eigenvalue weighted by molar-refractivity contribution is 6.30. The molecule has 0 radical (unpaired) electrons. The average molecular weight is 314 g/mol. The monoisotopic (exact) mass is 313 g/mol. The maximum absolute atomic E-state index is 12.3. The number of nitrogens with two attached hydrogens (primary N) is 1. The summed E-state index contributed by atoms with van der Waals surface area (Å²) in [7, 11) is 0. The van der Waals surface area contributed by atoms with Gasteiger partial charge in [0.1, 0.15) is 5.69 Å². The lowest BCUT2D eigenvalue weighted by Gasteiger charge is -2.06. The average Bonchev–Trinajstić information content (AvgIpc) is 2.87. The second-order valence-electron chi connectivity index (χ2n) is 4.75. The maximum Gasteiger partial charge on any atom is 0.267 e. The number of rotatable bonds is 3. The second-order valence-corrected chi connectivity index (χ2v) is 5.18. The van der Waals surface area contributed by atoms with Crippen LogP contribution < -0.4 is 11.1 Å². The first-order valence-corrected chi connectivity index (χ1v) is 6.91. The fraction of sp³-hybridized carbons (Fsp3) is 0. The highest BCUT2D eigenvalue weighted by atomic mass is 35.5. The second kappa shape index (κ2) is 5.54. The third-order valence-corrected chi connectivity index (χ3v) is 3.55. The lowest BCUT2D eigenvalue weighted by atomic mass is 10.2. The van der Waals surface area contributed by atoms with Gasteiger partial charge in [-0.3, -0.25) is 9.59 Å². The number of benzene rings is 2. The van der Waals surface area contributed by atoms with Gasteiger partial charge in [-0.25, -0.2) is 0 Å². The smallest absolute Gasteiger partial charge is 0.267 e. The molecule has 3 aromatic rings. The first-order valence-electron chi connectivity index (χ1n) is 6.53. The maximum atomic E-state index is 12.3. The molecule has 1 heterocycles. The van der Waals surface area contributed by atoms with Crippen molar-refractivity contribution in [1.29, 1.82) is 0 Å². The van der Waals surface area contributed by atoms with E-state index >= 15 is 0 Å². The lowest BCUT2D eigenvalue weighted by Crippen LogP contribution is -2.17. The zero-order valence-corrected chi connectivity index (χ0v) is 12.1. The predicted octanol–water partition coefficient (Wildman–Crippen LogP) is 3.17. The van der Waals surface area contributed by atoms with Crippen molar-refractivity contribution in [2.75, 3.05) is 5.32 Å². The number of amides is 2. The molecular weight excluding hydrogens is 302 g/mol. The Labute approximate surface area is 131 Å². The third-order valence-electron chi connectivity index (χ3n) is 3.30. The molecule has 0 unspecified atom stereocenters. The van der Waals surface area contributed by atoms with E-state index in [1.807, 2.05) is 12.1 Å². The van der Waals surface area contributed by atoms with E-state index in [9.17, 15) is 9.59 Å². The number of para-hydroxylation sites is 1. The van der Waals surface area contributed by atoms with E-state index in [4.69, 9.17) is 17.3 Å². The SMILES string of the molecule is NC(=O)c1[nH]c2ccccc2c1NC(=O)c1ccc(Cl)cc1. The highest BCUT2D eigenvalue weighted by Crippen LogP contribution is 2.28. The number of anilines is 1. The Kier molecular flexibility index (Phi) is 3.56. The van der Waals surface area contributed by atoms with Gasteiger partial charge in [-0.1, -0.05) is 29.8 Å². The first kappa shape index (κ1) is 14.2. The van der Waals surface area contributed by atoms with Crippen LogP contribution in [0.5, 0.6) is 0 Å². The molecule has 0 aliphatic heterocycles. The molecule has 4 N–H and O–H groups in total. The number of aromatic amines is 1. The predicted molar refractivity (Wildman–Crippen MR) is 86.2 cm³/mol. The van der Waals surface area contributed by atoms with Crippen molar-refractivity contribution in [3.63, 3.8) is 0 Å². The van der Waals surface area contributed by atoms with E-state index < -0.39 is 5.91 Å². The van der Waals surface area contributed by atoms with Crippen molar-refractivity contribution in [1.82, 2.24) is 4.98 Å².